The highest BCUT2D eigenvalue weighted by Crippen LogP contribution is 2.20. The molecule has 1 aliphatic rings. The summed E-state index contributed by atoms with van der Waals surface area (Å²) in [6.45, 7) is 2.38. The second kappa shape index (κ2) is 4.04. The monoisotopic (exact) mass is 230 g/mol. The zero-order valence-corrected chi connectivity index (χ0v) is 10.1. The number of nitrogens with two attached hydrogens (primary N) is 1. The molecular weight excluding hydrogens is 212 g/mol. The Labute approximate surface area is 101 Å². The fourth-order valence-electron chi connectivity index (χ4n) is 2.66. The fraction of sp³-hybridized carbons (Fsp3) is 0.462. The highest BCUT2D eigenvalue weighted by atomic mass is 15.1. The molecule has 0 radical (unpaired) electrons. The standard InChI is InChI=1S/C13H18N4/c1-16-5-4-10(8-16)6-13-15-7-12-3-2-11(14)9-17(12)13/h2-3,7,9-10H,4-6,8,14H2,1H3. The summed E-state index contributed by atoms with van der Waals surface area (Å²) in [5.41, 5.74) is 7.74. The van der Waals surface area contributed by atoms with Gasteiger partial charge in [-0.15, -0.1) is 0 Å². The third-order valence-corrected chi connectivity index (χ3v) is 3.59. The lowest BCUT2D eigenvalue weighted by Gasteiger charge is -2.09. The molecule has 1 unspecified atom stereocenters. The average Bonchev–Trinajstić information content (AvgIpc) is 2.87. The highest BCUT2D eigenvalue weighted by Gasteiger charge is 2.21. The summed E-state index contributed by atoms with van der Waals surface area (Å²) in [7, 11) is 2.18. The Morgan fingerprint density at radius 2 is 2.35 bits per heavy atom. The SMILES string of the molecule is CN1CCC(Cc2ncc3ccc(N)cn23)C1. The van der Waals surface area contributed by atoms with Crippen LogP contribution in [0.4, 0.5) is 5.69 Å². The van der Waals surface area contributed by atoms with Gasteiger partial charge in [-0.25, -0.2) is 4.98 Å². The second-order valence-electron chi connectivity index (χ2n) is 5.05. The van der Waals surface area contributed by atoms with Crippen LogP contribution in [0.3, 0.4) is 0 Å². The van der Waals surface area contributed by atoms with Gasteiger partial charge in [0.25, 0.3) is 0 Å². The van der Waals surface area contributed by atoms with Gasteiger partial charge in [-0.1, -0.05) is 0 Å². The van der Waals surface area contributed by atoms with Crippen molar-refractivity contribution in [2.45, 2.75) is 12.8 Å². The Kier molecular flexibility index (Phi) is 2.52. The molecule has 1 saturated heterocycles. The summed E-state index contributed by atoms with van der Waals surface area (Å²) in [5, 5.41) is 0. The van der Waals surface area contributed by atoms with E-state index in [2.05, 4.69) is 21.3 Å². The van der Waals surface area contributed by atoms with E-state index in [1.807, 2.05) is 24.5 Å². The summed E-state index contributed by atoms with van der Waals surface area (Å²) in [6.07, 6.45) is 6.21. The molecule has 0 saturated carbocycles. The minimum absolute atomic E-state index is 0.729. The number of pyridine rings is 1. The van der Waals surface area contributed by atoms with Gasteiger partial charge >= 0.3 is 0 Å². The molecule has 0 aliphatic carbocycles. The average molecular weight is 230 g/mol. The Balaban J connectivity index is 1.87. The van der Waals surface area contributed by atoms with E-state index < -0.39 is 0 Å². The molecular formula is C13H18N4. The molecule has 3 rings (SSSR count). The number of hydrogen-bond donors (Lipinski definition) is 1. The summed E-state index contributed by atoms with van der Waals surface area (Å²) in [5.74, 6) is 1.86. The molecule has 1 atom stereocenters. The number of fused-ring (bicyclic) bond motifs is 1. The number of rotatable bonds is 2. The maximum Gasteiger partial charge on any atom is 0.113 e. The van der Waals surface area contributed by atoms with Crippen molar-refractivity contribution in [3.63, 3.8) is 0 Å². The quantitative estimate of drug-likeness (QED) is 0.848. The fourth-order valence-corrected chi connectivity index (χ4v) is 2.66. The van der Waals surface area contributed by atoms with Crippen molar-refractivity contribution in [3.05, 3.63) is 30.4 Å². The smallest absolute Gasteiger partial charge is 0.113 e. The van der Waals surface area contributed by atoms with E-state index in [9.17, 15) is 0 Å². The lowest BCUT2D eigenvalue weighted by molar-refractivity contribution is 0.392. The van der Waals surface area contributed by atoms with Gasteiger partial charge < -0.3 is 15.0 Å². The number of nitrogens with zero attached hydrogens (tertiary/aromatic N) is 3. The molecule has 1 fully saturated rings. The minimum Gasteiger partial charge on any atom is -0.398 e. The van der Waals surface area contributed by atoms with E-state index in [1.165, 1.54) is 19.5 Å². The van der Waals surface area contributed by atoms with Gasteiger partial charge in [0, 0.05) is 24.8 Å². The van der Waals surface area contributed by atoms with Crippen molar-refractivity contribution in [1.82, 2.24) is 14.3 Å². The summed E-state index contributed by atoms with van der Waals surface area (Å²) in [6, 6.07) is 3.94. The van der Waals surface area contributed by atoms with Gasteiger partial charge in [0.15, 0.2) is 0 Å². The molecule has 0 amide bonds. The molecule has 4 heteroatoms. The van der Waals surface area contributed by atoms with E-state index >= 15 is 0 Å². The largest absolute Gasteiger partial charge is 0.398 e. The lowest BCUT2D eigenvalue weighted by Crippen LogP contribution is -2.15. The van der Waals surface area contributed by atoms with Gasteiger partial charge in [0.1, 0.15) is 5.82 Å². The molecule has 90 valence electrons. The third kappa shape index (κ3) is 2.00. The number of imidazole rings is 1. The molecule has 1 aliphatic heterocycles. The van der Waals surface area contributed by atoms with Crippen molar-refractivity contribution in [1.29, 1.82) is 0 Å². The molecule has 0 aromatic carbocycles. The molecule has 2 aromatic rings. The van der Waals surface area contributed by atoms with E-state index in [1.54, 1.807) is 0 Å². The Morgan fingerprint density at radius 3 is 3.12 bits per heavy atom. The Bertz CT molecular complexity index is 531. The topological polar surface area (TPSA) is 46.6 Å². The van der Waals surface area contributed by atoms with Crippen LogP contribution in [0.5, 0.6) is 0 Å². The van der Waals surface area contributed by atoms with Crippen molar-refractivity contribution >= 4 is 11.2 Å². The maximum atomic E-state index is 5.83. The number of anilines is 1. The van der Waals surface area contributed by atoms with Crippen LogP contribution in [0, 0.1) is 5.92 Å². The predicted octanol–water partition coefficient (Wildman–Crippen LogP) is 1.41. The molecule has 0 spiro atoms. The van der Waals surface area contributed by atoms with Crippen LogP contribution < -0.4 is 5.73 Å². The van der Waals surface area contributed by atoms with Crippen LogP contribution in [0.1, 0.15) is 12.2 Å². The number of nitrogen functional groups attached to an aromatic ring is 1. The number of hydrogen-bond acceptors (Lipinski definition) is 3. The normalized spacial score (nSPS) is 21.4. The lowest BCUT2D eigenvalue weighted by atomic mass is 10.0. The first-order chi connectivity index (χ1) is 8.22. The van der Waals surface area contributed by atoms with Crippen molar-refractivity contribution in [3.8, 4) is 0 Å². The number of aromatic nitrogens is 2. The summed E-state index contributed by atoms with van der Waals surface area (Å²) >= 11 is 0. The minimum atomic E-state index is 0.729. The Morgan fingerprint density at radius 1 is 1.47 bits per heavy atom. The van der Waals surface area contributed by atoms with Crippen LogP contribution in [0.15, 0.2) is 24.5 Å². The van der Waals surface area contributed by atoms with Crippen LogP contribution in [0.25, 0.3) is 5.52 Å². The van der Waals surface area contributed by atoms with Gasteiger partial charge in [0.05, 0.1) is 11.7 Å². The highest BCUT2D eigenvalue weighted by molar-refractivity contribution is 5.52. The molecule has 4 nitrogen and oxygen atoms in total. The van der Waals surface area contributed by atoms with Gasteiger partial charge in [-0.05, 0) is 38.1 Å². The van der Waals surface area contributed by atoms with Crippen LogP contribution >= 0.6 is 0 Å². The third-order valence-electron chi connectivity index (χ3n) is 3.59. The van der Waals surface area contributed by atoms with Crippen molar-refractivity contribution in [2.24, 2.45) is 5.92 Å². The number of likely N-dealkylation sites (tertiary alicyclic amines) is 1. The second-order valence-corrected chi connectivity index (χ2v) is 5.05. The van der Waals surface area contributed by atoms with Crippen LogP contribution in [-0.4, -0.2) is 34.4 Å². The van der Waals surface area contributed by atoms with E-state index in [0.717, 1.165) is 29.4 Å². The van der Waals surface area contributed by atoms with Gasteiger partial charge in [-0.2, -0.15) is 0 Å². The molecule has 17 heavy (non-hydrogen) atoms. The first kappa shape index (κ1) is 10.6. The first-order valence-corrected chi connectivity index (χ1v) is 6.12. The molecule has 2 N–H and O–H groups in total. The first-order valence-electron chi connectivity index (χ1n) is 6.12. The molecule has 2 aromatic heterocycles. The van der Waals surface area contributed by atoms with E-state index in [4.69, 9.17) is 5.73 Å². The Hall–Kier alpha value is -1.55. The van der Waals surface area contributed by atoms with Crippen LogP contribution in [-0.2, 0) is 6.42 Å². The van der Waals surface area contributed by atoms with Crippen molar-refractivity contribution < 1.29 is 0 Å². The zero-order chi connectivity index (χ0) is 11.8. The predicted molar refractivity (Wildman–Crippen MR) is 68.9 cm³/mol. The van der Waals surface area contributed by atoms with Crippen LogP contribution in [0.2, 0.25) is 0 Å². The summed E-state index contributed by atoms with van der Waals surface area (Å²) < 4.78 is 2.12. The van der Waals surface area contributed by atoms with Gasteiger partial charge in [0.2, 0.25) is 0 Å². The zero-order valence-electron chi connectivity index (χ0n) is 10.1. The molecule has 0 bridgehead atoms. The summed E-state index contributed by atoms with van der Waals surface area (Å²) in [4.78, 5) is 6.90. The van der Waals surface area contributed by atoms with Crippen molar-refractivity contribution in [2.75, 3.05) is 25.9 Å². The maximum absolute atomic E-state index is 5.83. The van der Waals surface area contributed by atoms with E-state index in [-0.39, 0.29) is 0 Å². The van der Waals surface area contributed by atoms with Gasteiger partial charge in [-0.3, -0.25) is 0 Å². The molecule has 3 heterocycles. The van der Waals surface area contributed by atoms with E-state index in [0.29, 0.717) is 0 Å².